The summed E-state index contributed by atoms with van der Waals surface area (Å²) in [5.41, 5.74) is 0. The molecule has 0 spiro atoms. The van der Waals surface area contributed by atoms with Crippen molar-refractivity contribution < 1.29 is 89.0 Å². The monoisotopic (exact) mass is 437 g/mol. The van der Waals surface area contributed by atoms with Gasteiger partial charge in [0.15, 0.2) is 0 Å². The fourth-order valence-corrected chi connectivity index (χ4v) is 0. The van der Waals surface area contributed by atoms with Crippen molar-refractivity contribution >= 4 is 0 Å². The van der Waals surface area contributed by atoms with Gasteiger partial charge in [0.1, 0.15) is 0 Å². The van der Waals surface area contributed by atoms with E-state index in [0.29, 0.717) is 0 Å². The van der Waals surface area contributed by atoms with Crippen molar-refractivity contribution in [3.05, 3.63) is 46.0 Å². The molecule has 0 aliphatic rings. The summed E-state index contributed by atoms with van der Waals surface area (Å²) < 4.78 is 0. The van der Waals surface area contributed by atoms with Crippen molar-refractivity contribution in [1.29, 1.82) is 0 Å². The number of rotatable bonds is 0. The molecule has 0 rings (SSSR count). The molecule has 0 saturated heterocycles. The Hall–Kier alpha value is -1.29. The average Bonchev–Trinajstić information content (AvgIpc) is 1.54. The van der Waals surface area contributed by atoms with E-state index in [9.17, 15) is 0 Å². The standard InChI is InChI=1S/3NO3.Nd.6H2O/c3*2-1(3)4;;;;;;;/h;;;;6*1H2/q3*-1;+3;;;;;;/p+1. The van der Waals surface area contributed by atoms with Gasteiger partial charge < -0.3 is 78.8 Å². The molecule has 0 atom stereocenters. The van der Waals surface area contributed by atoms with Crippen LogP contribution in [-0.2, 0) is 5.48 Å². The zero-order valence-electron chi connectivity index (χ0n) is 8.59. The molecule has 121 valence electrons. The Balaban J connectivity index is -0.00000000675. The van der Waals surface area contributed by atoms with Crippen LogP contribution in [-0.4, -0.2) is 42.6 Å². The Bertz CT molecular complexity index is 115. The smallest absolute Gasteiger partial charge is 0.457 e. The van der Waals surface area contributed by atoms with Gasteiger partial charge in [-0.3, -0.25) is 0 Å². The quantitative estimate of drug-likeness (QED) is 0.196. The van der Waals surface area contributed by atoms with E-state index in [4.69, 9.17) is 46.0 Å². The van der Waals surface area contributed by atoms with E-state index in [2.05, 4.69) is 0 Å². The molecule has 13 N–H and O–H groups in total. The molecule has 0 bridgehead atoms. The van der Waals surface area contributed by atoms with Crippen LogP contribution in [0.2, 0.25) is 0 Å². The van der Waals surface area contributed by atoms with Gasteiger partial charge in [-0.1, -0.05) is 0 Å². The molecular weight excluding hydrogens is 426 g/mol. The number of hydrogen-bond donors (Lipinski definition) is 0. The van der Waals surface area contributed by atoms with Crippen molar-refractivity contribution in [2.24, 2.45) is 0 Å². The zero-order valence-corrected chi connectivity index (χ0v) is 11.8. The molecule has 0 saturated carbocycles. The minimum atomic E-state index is -1.75. The van der Waals surface area contributed by atoms with Crippen LogP contribution >= 0.6 is 0 Å². The van der Waals surface area contributed by atoms with Crippen LogP contribution in [0.1, 0.15) is 0 Å². The Kier molecular flexibility index (Phi) is 304. The van der Waals surface area contributed by atoms with E-state index in [1.165, 1.54) is 0 Å². The van der Waals surface area contributed by atoms with E-state index in [1.54, 1.807) is 0 Å². The summed E-state index contributed by atoms with van der Waals surface area (Å²) in [6, 6.07) is 0. The maximum absolute atomic E-state index is 8.25. The van der Waals surface area contributed by atoms with Crippen molar-refractivity contribution in [2.45, 2.75) is 0 Å². The molecule has 0 aromatic carbocycles. The molecule has 0 fully saturated rings. The molecule has 18 nitrogen and oxygen atoms in total. The molecule has 0 amide bonds. The van der Waals surface area contributed by atoms with Crippen LogP contribution < -0.4 is 0 Å². The van der Waals surface area contributed by atoms with Gasteiger partial charge >= 0.3 is 40.8 Å². The first-order valence-corrected chi connectivity index (χ1v) is 1.64. The zero-order chi connectivity index (χ0) is 10.7. The van der Waals surface area contributed by atoms with E-state index in [-0.39, 0.29) is 73.7 Å². The van der Waals surface area contributed by atoms with Crippen LogP contribution in [0.3, 0.4) is 0 Å². The maximum atomic E-state index is 8.25. The predicted molar refractivity (Wildman–Crippen MR) is 54.0 cm³/mol. The third-order valence-electron chi connectivity index (χ3n) is 0. The second kappa shape index (κ2) is 69.4. The first kappa shape index (κ1) is 83.2. The minimum absolute atomic E-state index is 0. The Morgan fingerprint density at radius 1 is 0.474 bits per heavy atom. The van der Waals surface area contributed by atoms with Crippen LogP contribution in [0.15, 0.2) is 0 Å². The normalized spacial score (nSPS) is 3.79. The van der Waals surface area contributed by atoms with Gasteiger partial charge in [-0.25, -0.2) is 0 Å². The van der Waals surface area contributed by atoms with Gasteiger partial charge in [0.25, 0.3) is 0 Å². The van der Waals surface area contributed by atoms with Crippen LogP contribution in [0.25, 0.3) is 0 Å². The predicted octanol–water partition coefficient (Wildman–Crippen LogP) is -5.76. The maximum Gasteiger partial charge on any atom is 3.00 e. The first-order valence-electron chi connectivity index (χ1n) is 1.64. The van der Waals surface area contributed by atoms with Crippen LogP contribution in [0.5, 0.6) is 0 Å². The van der Waals surface area contributed by atoms with Crippen molar-refractivity contribution in [2.75, 3.05) is 0 Å². The molecule has 0 heterocycles. The first-order chi connectivity index (χ1) is 5.20. The number of hydrogen-bond acceptors (Lipinski definition) is 9. The molecule has 0 aromatic rings. The third kappa shape index (κ3) is 2180. The van der Waals surface area contributed by atoms with E-state index in [1.807, 2.05) is 0 Å². The van der Waals surface area contributed by atoms with Crippen molar-refractivity contribution in [3.63, 3.8) is 0 Å². The topological polar surface area (TPSA) is 389 Å². The largest absolute Gasteiger partial charge is 3.00 e. The second-order valence-electron chi connectivity index (χ2n) is 0.671. The molecule has 0 aromatic heterocycles. The fourth-order valence-electron chi connectivity index (χ4n) is 0. The third-order valence-corrected chi connectivity index (χ3v) is 0. The van der Waals surface area contributed by atoms with E-state index >= 15 is 0 Å². The van der Waals surface area contributed by atoms with Gasteiger partial charge in [-0.2, -0.15) is 0 Å². The molecular formula is H13N3NdO15+. The van der Waals surface area contributed by atoms with Crippen LogP contribution in [0.4, 0.5) is 0 Å². The van der Waals surface area contributed by atoms with Crippen molar-refractivity contribution in [1.82, 2.24) is 0 Å². The van der Waals surface area contributed by atoms with Crippen LogP contribution in [0, 0.1) is 86.8 Å². The Morgan fingerprint density at radius 3 is 0.474 bits per heavy atom. The summed E-state index contributed by atoms with van der Waals surface area (Å²) in [7, 11) is 0. The van der Waals surface area contributed by atoms with Gasteiger partial charge in [0, 0.05) is 0 Å². The summed E-state index contributed by atoms with van der Waals surface area (Å²) in [6.07, 6.45) is 0. The second-order valence-corrected chi connectivity index (χ2v) is 0.671. The summed E-state index contributed by atoms with van der Waals surface area (Å²) in [5, 5.41) is 44.2. The van der Waals surface area contributed by atoms with Gasteiger partial charge in [-0.05, 0) is 0 Å². The SMILES string of the molecule is O.O.O.O.O.O=[N+]([O-])[O-].O=[N+]([O-])[O-].O=[N+]([O-])[O-].[Nd+3].[OH3+]. The Labute approximate surface area is 135 Å². The molecule has 1 radical (unpaired) electrons. The molecule has 19 heavy (non-hydrogen) atoms. The van der Waals surface area contributed by atoms with Gasteiger partial charge in [-0.15, -0.1) is 0 Å². The Morgan fingerprint density at radius 2 is 0.474 bits per heavy atom. The van der Waals surface area contributed by atoms with Gasteiger partial charge in [0.05, 0.1) is 15.3 Å². The molecule has 19 heteroatoms. The summed E-state index contributed by atoms with van der Waals surface area (Å²) in [4.78, 5) is 24.8. The van der Waals surface area contributed by atoms with Gasteiger partial charge in [0.2, 0.25) is 0 Å². The molecule has 0 unspecified atom stereocenters. The number of nitrogens with zero attached hydrogens (tertiary/aromatic N) is 3. The van der Waals surface area contributed by atoms with E-state index < -0.39 is 15.3 Å². The van der Waals surface area contributed by atoms with Crippen molar-refractivity contribution in [3.8, 4) is 0 Å². The molecule has 0 aliphatic heterocycles. The molecule has 0 aliphatic carbocycles. The average molecular weight is 439 g/mol. The summed E-state index contributed by atoms with van der Waals surface area (Å²) in [6.45, 7) is 0. The minimum Gasteiger partial charge on any atom is -0.457 e. The fraction of sp³-hybridized carbons (Fsp3) is 0. The summed E-state index contributed by atoms with van der Waals surface area (Å²) >= 11 is 0. The summed E-state index contributed by atoms with van der Waals surface area (Å²) in [5.74, 6) is 0. The van der Waals surface area contributed by atoms with E-state index in [0.717, 1.165) is 0 Å².